The SMILES string of the molecule is CC(NCC1(C2CC2)CC1)c1ccc(N2CCOC2=O)cc1. The van der Waals surface area contributed by atoms with E-state index in [0.717, 1.165) is 18.2 Å². The zero-order valence-electron chi connectivity index (χ0n) is 13.2. The number of anilines is 1. The van der Waals surface area contributed by atoms with Gasteiger partial charge in [0.05, 0.1) is 6.54 Å². The van der Waals surface area contributed by atoms with Crippen LogP contribution < -0.4 is 10.2 Å². The number of rotatable bonds is 6. The first-order valence-corrected chi connectivity index (χ1v) is 8.46. The van der Waals surface area contributed by atoms with Crippen LogP contribution in [0.15, 0.2) is 24.3 Å². The Labute approximate surface area is 131 Å². The molecule has 4 heteroatoms. The van der Waals surface area contributed by atoms with Crippen LogP contribution in [0.3, 0.4) is 0 Å². The van der Waals surface area contributed by atoms with Crippen molar-refractivity contribution < 1.29 is 9.53 Å². The van der Waals surface area contributed by atoms with E-state index in [9.17, 15) is 4.79 Å². The standard InChI is InChI=1S/C18H24N2O2/c1-13(19-12-18(8-9-18)15-4-5-15)14-2-6-16(7-3-14)20-10-11-22-17(20)21/h2-3,6-7,13,15,19H,4-5,8-12H2,1H3. The lowest BCUT2D eigenvalue weighted by molar-refractivity contribution is 0.181. The summed E-state index contributed by atoms with van der Waals surface area (Å²) in [6, 6.07) is 8.64. The largest absolute Gasteiger partial charge is 0.447 e. The smallest absolute Gasteiger partial charge is 0.414 e. The van der Waals surface area contributed by atoms with Gasteiger partial charge >= 0.3 is 6.09 Å². The molecule has 0 spiro atoms. The summed E-state index contributed by atoms with van der Waals surface area (Å²) in [5.74, 6) is 0.996. The molecule has 4 rings (SSSR count). The van der Waals surface area contributed by atoms with Gasteiger partial charge in [0.15, 0.2) is 0 Å². The summed E-state index contributed by atoms with van der Waals surface area (Å²) in [6.07, 6.45) is 5.47. The van der Waals surface area contributed by atoms with Crippen molar-refractivity contribution in [2.75, 3.05) is 24.6 Å². The summed E-state index contributed by atoms with van der Waals surface area (Å²) in [4.78, 5) is 13.3. The molecule has 1 amide bonds. The molecule has 1 heterocycles. The minimum atomic E-state index is -0.237. The Morgan fingerprint density at radius 3 is 2.59 bits per heavy atom. The van der Waals surface area contributed by atoms with Crippen molar-refractivity contribution in [3.63, 3.8) is 0 Å². The zero-order chi connectivity index (χ0) is 15.2. The van der Waals surface area contributed by atoms with E-state index in [2.05, 4.69) is 24.4 Å². The number of hydrogen-bond acceptors (Lipinski definition) is 3. The maximum Gasteiger partial charge on any atom is 0.414 e. The molecule has 118 valence electrons. The Hall–Kier alpha value is -1.55. The Balaban J connectivity index is 1.36. The second-order valence-corrected chi connectivity index (χ2v) is 7.10. The number of amides is 1. The van der Waals surface area contributed by atoms with Crippen LogP contribution in [0, 0.1) is 11.3 Å². The van der Waals surface area contributed by atoms with Crippen LogP contribution in [-0.4, -0.2) is 25.8 Å². The van der Waals surface area contributed by atoms with Crippen molar-refractivity contribution in [3.05, 3.63) is 29.8 Å². The van der Waals surface area contributed by atoms with Gasteiger partial charge in [0, 0.05) is 18.3 Å². The van der Waals surface area contributed by atoms with Gasteiger partial charge in [-0.1, -0.05) is 12.1 Å². The summed E-state index contributed by atoms with van der Waals surface area (Å²) in [5.41, 5.74) is 2.84. The van der Waals surface area contributed by atoms with Crippen LogP contribution in [0.2, 0.25) is 0 Å². The molecule has 1 atom stereocenters. The fourth-order valence-electron chi connectivity index (χ4n) is 3.63. The van der Waals surface area contributed by atoms with Crippen molar-refractivity contribution >= 4 is 11.8 Å². The molecule has 2 saturated carbocycles. The van der Waals surface area contributed by atoms with Crippen molar-refractivity contribution in [1.29, 1.82) is 0 Å². The third-order valence-corrected chi connectivity index (χ3v) is 5.56. The molecule has 2 aliphatic carbocycles. The third-order valence-electron chi connectivity index (χ3n) is 5.56. The molecule has 0 radical (unpaired) electrons. The average Bonchev–Trinajstić information content (AvgIpc) is 3.43. The molecular formula is C18H24N2O2. The lowest BCUT2D eigenvalue weighted by Gasteiger charge is -2.21. The number of carbonyl (C=O) groups excluding carboxylic acids is 1. The Bertz CT molecular complexity index is 561. The van der Waals surface area contributed by atoms with Gasteiger partial charge < -0.3 is 10.1 Å². The van der Waals surface area contributed by atoms with E-state index >= 15 is 0 Å². The Kier molecular flexibility index (Phi) is 3.37. The average molecular weight is 300 g/mol. The molecule has 0 aromatic heterocycles. The molecule has 4 nitrogen and oxygen atoms in total. The highest BCUT2D eigenvalue weighted by atomic mass is 16.6. The first kappa shape index (κ1) is 14.1. The predicted molar refractivity (Wildman–Crippen MR) is 85.9 cm³/mol. The first-order chi connectivity index (χ1) is 10.7. The maximum absolute atomic E-state index is 11.6. The quantitative estimate of drug-likeness (QED) is 0.874. The Morgan fingerprint density at radius 2 is 2.05 bits per heavy atom. The highest BCUT2D eigenvalue weighted by Gasteiger charge is 2.53. The third kappa shape index (κ3) is 2.60. The zero-order valence-corrected chi connectivity index (χ0v) is 13.2. The fraction of sp³-hybridized carbons (Fsp3) is 0.611. The summed E-state index contributed by atoms with van der Waals surface area (Å²) in [5, 5.41) is 3.72. The van der Waals surface area contributed by atoms with Gasteiger partial charge in [-0.15, -0.1) is 0 Å². The van der Waals surface area contributed by atoms with Crippen LogP contribution in [0.25, 0.3) is 0 Å². The molecule has 22 heavy (non-hydrogen) atoms. The normalized spacial score (nSPS) is 24.2. The molecule has 1 aromatic rings. The fourth-order valence-corrected chi connectivity index (χ4v) is 3.63. The monoisotopic (exact) mass is 300 g/mol. The maximum atomic E-state index is 11.6. The molecule has 1 aliphatic heterocycles. The van der Waals surface area contributed by atoms with E-state index < -0.39 is 0 Å². The summed E-state index contributed by atoms with van der Waals surface area (Å²) < 4.78 is 4.98. The van der Waals surface area contributed by atoms with Crippen molar-refractivity contribution in [3.8, 4) is 0 Å². The second-order valence-electron chi connectivity index (χ2n) is 7.10. The molecule has 1 N–H and O–H groups in total. The Morgan fingerprint density at radius 1 is 1.32 bits per heavy atom. The van der Waals surface area contributed by atoms with E-state index in [4.69, 9.17) is 4.74 Å². The predicted octanol–water partition coefficient (Wildman–Crippen LogP) is 3.48. The number of cyclic esters (lactones) is 1. The lowest BCUT2D eigenvalue weighted by atomic mass is 9.99. The van der Waals surface area contributed by atoms with Crippen LogP contribution in [0.4, 0.5) is 10.5 Å². The highest BCUT2D eigenvalue weighted by Crippen LogP contribution is 2.60. The highest BCUT2D eigenvalue weighted by molar-refractivity contribution is 5.89. The van der Waals surface area contributed by atoms with E-state index in [-0.39, 0.29) is 6.09 Å². The van der Waals surface area contributed by atoms with Crippen molar-refractivity contribution in [2.24, 2.45) is 11.3 Å². The van der Waals surface area contributed by atoms with Gasteiger partial charge in [0.25, 0.3) is 0 Å². The molecule has 0 bridgehead atoms. The minimum absolute atomic E-state index is 0.237. The van der Waals surface area contributed by atoms with Gasteiger partial charge in [0.1, 0.15) is 6.61 Å². The number of nitrogens with one attached hydrogen (secondary N) is 1. The number of carbonyl (C=O) groups is 1. The van der Waals surface area contributed by atoms with Crippen LogP contribution in [-0.2, 0) is 4.74 Å². The molecule has 1 unspecified atom stereocenters. The number of hydrogen-bond donors (Lipinski definition) is 1. The summed E-state index contributed by atoms with van der Waals surface area (Å²) in [7, 11) is 0. The number of ether oxygens (including phenoxy) is 1. The van der Waals surface area contributed by atoms with Gasteiger partial charge in [-0.25, -0.2) is 4.79 Å². The van der Waals surface area contributed by atoms with Crippen molar-refractivity contribution in [2.45, 2.75) is 38.6 Å². The second kappa shape index (κ2) is 5.27. The summed E-state index contributed by atoms with van der Waals surface area (Å²) in [6.45, 7) is 4.51. The molecule has 1 aromatic carbocycles. The van der Waals surface area contributed by atoms with Gasteiger partial charge in [-0.3, -0.25) is 4.90 Å². The van der Waals surface area contributed by atoms with Crippen molar-refractivity contribution in [1.82, 2.24) is 5.32 Å². The van der Waals surface area contributed by atoms with E-state index in [0.29, 0.717) is 24.6 Å². The lowest BCUT2D eigenvalue weighted by Crippen LogP contribution is -2.28. The molecule has 1 saturated heterocycles. The summed E-state index contributed by atoms with van der Waals surface area (Å²) >= 11 is 0. The molecule has 3 aliphatic rings. The van der Waals surface area contributed by atoms with Crippen LogP contribution in [0.5, 0.6) is 0 Å². The van der Waals surface area contributed by atoms with E-state index in [1.807, 2.05) is 12.1 Å². The van der Waals surface area contributed by atoms with E-state index in [1.165, 1.54) is 31.2 Å². The topological polar surface area (TPSA) is 41.6 Å². The van der Waals surface area contributed by atoms with Crippen LogP contribution in [0.1, 0.15) is 44.2 Å². The van der Waals surface area contributed by atoms with Gasteiger partial charge in [-0.05, 0) is 61.6 Å². The number of benzene rings is 1. The van der Waals surface area contributed by atoms with Gasteiger partial charge in [0.2, 0.25) is 0 Å². The minimum Gasteiger partial charge on any atom is -0.447 e. The van der Waals surface area contributed by atoms with E-state index in [1.54, 1.807) is 4.90 Å². The van der Waals surface area contributed by atoms with Gasteiger partial charge in [-0.2, -0.15) is 0 Å². The van der Waals surface area contributed by atoms with Crippen LogP contribution >= 0.6 is 0 Å². The molecule has 3 fully saturated rings. The number of nitrogens with zero attached hydrogens (tertiary/aromatic N) is 1. The first-order valence-electron chi connectivity index (χ1n) is 8.46. The molecular weight excluding hydrogens is 276 g/mol.